The number of hydrogen-bond donors (Lipinski definition) is 0. The second-order valence-electron chi connectivity index (χ2n) is 5.82. The molecule has 1 fully saturated rings. The maximum Gasteiger partial charge on any atom is 0.0178 e. The molecule has 106 valence electrons. The summed E-state index contributed by atoms with van der Waals surface area (Å²) in [6, 6.07) is 0. The molecule has 3 unspecified atom stereocenters. The van der Waals surface area contributed by atoms with E-state index in [-0.39, 0.29) is 5.41 Å². The minimum Gasteiger partial charge on any atom is -0.103 e. The summed E-state index contributed by atoms with van der Waals surface area (Å²) in [5.41, 5.74) is 1.86. The van der Waals surface area contributed by atoms with Gasteiger partial charge in [0.05, 0.1) is 0 Å². The molecule has 0 heterocycles. The zero-order chi connectivity index (χ0) is 14.5. The van der Waals surface area contributed by atoms with E-state index in [0.29, 0.717) is 17.8 Å². The van der Waals surface area contributed by atoms with Crippen molar-refractivity contribution in [1.82, 2.24) is 0 Å². The van der Waals surface area contributed by atoms with E-state index < -0.39 is 0 Å². The molecule has 0 bridgehead atoms. The monoisotopic (exact) mass is 370 g/mol. The Kier molecular flexibility index (Phi) is 6.58. The van der Waals surface area contributed by atoms with Gasteiger partial charge in [-0.15, -0.1) is 6.58 Å². The highest BCUT2D eigenvalue weighted by Crippen LogP contribution is 2.56. The molecule has 1 aliphatic rings. The minimum atomic E-state index is 0.246. The Balaban J connectivity index is 3.31. The molecule has 0 radical (unpaired) electrons. The molecule has 1 aliphatic carbocycles. The highest BCUT2D eigenvalue weighted by molar-refractivity contribution is 14.1. The van der Waals surface area contributed by atoms with Gasteiger partial charge in [0.25, 0.3) is 0 Å². The average Bonchev–Trinajstić information content (AvgIpc) is 2.54. The number of allylic oxidation sites excluding steroid dienone is 7. The lowest BCUT2D eigenvalue weighted by atomic mass is 9.76. The van der Waals surface area contributed by atoms with E-state index in [2.05, 4.69) is 93.3 Å². The van der Waals surface area contributed by atoms with Crippen molar-refractivity contribution >= 4 is 22.6 Å². The molecule has 0 aliphatic heterocycles. The number of halogens is 1. The molecule has 0 aromatic carbocycles. The molecule has 0 N–H and O–H groups in total. The van der Waals surface area contributed by atoms with Crippen LogP contribution in [-0.4, -0.2) is 4.43 Å². The maximum absolute atomic E-state index is 3.96. The Morgan fingerprint density at radius 1 is 1.21 bits per heavy atom. The number of alkyl halides is 1. The number of rotatable bonds is 5. The van der Waals surface area contributed by atoms with Gasteiger partial charge in [-0.2, -0.15) is 0 Å². The van der Waals surface area contributed by atoms with E-state index in [1.54, 1.807) is 5.57 Å². The van der Waals surface area contributed by atoms with E-state index in [1.165, 1.54) is 0 Å². The van der Waals surface area contributed by atoms with Gasteiger partial charge in [-0.25, -0.2) is 0 Å². The summed E-state index contributed by atoms with van der Waals surface area (Å²) in [6.07, 6.45) is 14.8. The smallest absolute Gasteiger partial charge is 0.0178 e. The third-order valence-corrected chi connectivity index (χ3v) is 4.83. The lowest BCUT2D eigenvalue weighted by Crippen LogP contribution is -2.20. The van der Waals surface area contributed by atoms with Crippen molar-refractivity contribution in [2.45, 2.75) is 34.1 Å². The predicted molar refractivity (Wildman–Crippen MR) is 95.7 cm³/mol. The van der Waals surface area contributed by atoms with Crippen molar-refractivity contribution in [1.29, 1.82) is 0 Å². The van der Waals surface area contributed by atoms with Crippen LogP contribution in [0.15, 0.2) is 48.6 Å². The second-order valence-corrected chi connectivity index (χ2v) is 6.70. The van der Waals surface area contributed by atoms with Gasteiger partial charge in [0, 0.05) is 4.43 Å². The largest absolute Gasteiger partial charge is 0.103 e. The van der Waals surface area contributed by atoms with Crippen molar-refractivity contribution in [2.75, 3.05) is 4.43 Å². The molecule has 1 saturated carbocycles. The van der Waals surface area contributed by atoms with Crippen LogP contribution in [0.25, 0.3) is 0 Å². The van der Waals surface area contributed by atoms with Gasteiger partial charge in [0.15, 0.2) is 0 Å². The van der Waals surface area contributed by atoms with Gasteiger partial charge >= 0.3 is 0 Å². The maximum atomic E-state index is 3.96. The first kappa shape index (κ1) is 16.7. The highest BCUT2D eigenvalue weighted by Gasteiger charge is 2.48. The first-order valence-electron chi connectivity index (χ1n) is 7.17. The van der Waals surface area contributed by atoms with Crippen LogP contribution in [0.1, 0.15) is 34.1 Å². The Morgan fingerprint density at radius 3 is 2.32 bits per heavy atom. The fourth-order valence-corrected chi connectivity index (χ4v) is 4.10. The van der Waals surface area contributed by atoms with Gasteiger partial charge < -0.3 is 0 Å². The van der Waals surface area contributed by atoms with Crippen LogP contribution in [0.4, 0.5) is 0 Å². The lowest BCUT2D eigenvalue weighted by Gasteiger charge is -2.28. The lowest BCUT2D eigenvalue weighted by molar-refractivity contribution is 0.323. The Hall–Kier alpha value is -0.310. The Labute approximate surface area is 132 Å². The van der Waals surface area contributed by atoms with Crippen molar-refractivity contribution < 1.29 is 0 Å². The van der Waals surface area contributed by atoms with Crippen LogP contribution in [0.5, 0.6) is 0 Å². The molecule has 3 atom stereocenters. The van der Waals surface area contributed by atoms with Crippen LogP contribution in [0.3, 0.4) is 0 Å². The summed E-state index contributed by atoms with van der Waals surface area (Å²) in [4.78, 5) is 0. The predicted octanol–water partition coefficient (Wildman–Crippen LogP) is 5.96. The second kappa shape index (κ2) is 7.47. The quantitative estimate of drug-likeness (QED) is 0.318. The molecule has 0 aromatic rings. The topological polar surface area (TPSA) is 0 Å². The summed E-state index contributed by atoms with van der Waals surface area (Å²) in [6.45, 7) is 13.0. The summed E-state index contributed by atoms with van der Waals surface area (Å²) in [5, 5.41) is 0. The molecule has 0 aromatic heterocycles. The molecule has 19 heavy (non-hydrogen) atoms. The Morgan fingerprint density at radius 2 is 1.84 bits per heavy atom. The van der Waals surface area contributed by atoms with Crippen LogP contribution in [0.2, 0.25) is 0 Å². The van der Waals surface area contributed by atoms with E-state index in [4.69, 9.17) is 0 Å². The molecular weight excluding hydrogens is 343 g/mol. The van der Waals surface area contributed by atoms with Crippen molar-refractivity contribution in [3.63, 3.8) is 0 Å². The van der Waals surface area contributed by atoms with Gasteiger partial charge in [0.1, 0.15) is 0 Å². The third-order valence-electron chi connectivity index (χ3n) is 4.39. The van der Waals surface area contributed by atoms with Gasteiger partial charge in [0.2, 0.25) is 0 Å². The summed E-state index contributed by atoms with van der Waals surface area (Å²) in [7, 11) is 0. The fraction of sp³-hybridized carbons (Fsp3) is 0.556. The van der Waals surface area contributed by atoms with Gasteiger partial charge in [-0.05, 0) is 43.4 Å². The molecule has 1 heteroatoms. The molecule has 0 saturated heterocycles. The van der Waals surface area contributed by atoms with Crippen molar-refractivity contribution in [3.8, 4) is 0 Å². The molecule has 0 nitrogen and oxygen atoms in total. The first-order chi connectivity index (χ1) is 9.04. The molecule has 0 amide bonds. The zero-order valence-corrected chi connectivity index (χ0v) is 14.9. The molecule has 1 rings (SSSR count). The summed E-state index contributed by atoms with van der Waals surface area (Å²) < 4.78 is 1.09. The standard InChI is InChI=1S/C18H27I/c1-6-9-14-15(10-7-2)17(12-13-19)18(4,5)16(14)11-8-3/h6-9,11-12,14-16H,2,10,13H2,1,3-5H3/b9-6-,11-8+,17-12+. The fourth-order valence-electron chi connectivity index (χ4n) is 3.62. The van der Waals surface area contributed by atoms with E-state index >= 15 is 0 Å². The van der Waals surface area contributed by atoms with Gasteiger partial charge in [-0.1, -0.05) is 78.5 Å². The average molecular weight is 370 g/mol. The van der Waals surface area contributed by atoms with Crippen LogP contribution >= 0.6 is 22.6 Å². The Bertz CT molecular complexity index is 384. The van der Waals surface area contributed by atoms with Crippen molar-refractivity contribution in [2.24, 2.45) is 23.2 Å². The summed E-state index contributed by atoms with van der Waals surface area (Å²) >= 11 is 2.45. The highest BCUT2D eigenvalue weighted by atomic mass is 127. The zero-order valence-electron chi connectivity index (χ0n) is 12.7. The third kappa shape index (κ3) is 3.42. The summed E-state index contributed by atoms with van der Waals surface area (Å²) in [5.74, 6) is 1.80. The van der Waals surface area contributed by atoms with Crippen LogP contribution in [0, 0.1) is 23.2 Å². The first-order valence-corrected chi connectivity index (χ1v) is 8.70. The number of hydrogen-bond acceptors (Lipinski definition) is 0. The van der Waals surface area contributed by atoms with Crippen LogP contribution in [-0.2, 0) is 0 Å². The normalized spacial score (nSPS) is 32.7. The van der Waals surface area contributed by atoms with E-state index in [9.17, 15) is 0 Å². The minimum absolute atomic E-state index is 0.246. The SMILES string of the molecule is C=CCC1/C(=C\CI)C(C)(C)C(/C=C/C)C1/C=C\C. The van der Waals surface area contributed by atoms with Gasteiger partial charge in [-0.3, -0.25) is 0 Å². The van der Waals surface area contributed by atoms with Crippen LogP contribution < -0.4 is 0 Å². The van der Waals surface area contributed by atoms with Crippen molar-refractivity contribution in [3.05, 3.63) is 48.6 Å². The molecular formula is C18H27I. The van der Waals surface area contributed by atoms with E-state index in [1.807, 2.05) is 0 Å². The molecule has 0 spiro atoms. The van der Waals surface area contributed by atoms with E-state index in [0.717, 1.165) is 10.8 Å².